The molecule has 0 radical (unpaired) electrons. The van der Waals surface area contributed by atoms with E-state index in [9.17, 15) is 9.59 Å². The van der Waals surface area contributed by atoms with Gasteiger partial charge in [0.15, 0.2) is 11.5 Å². The largest absolute Gasteiger partial charge is 0.493 e. The number of hydrogen-bond acceptors (Lipinski definition) is 4. The average molecular weight is 368 g/mol. The van der Waals surface area contributed by atoms with Gasteiger partial charge in [-0.05, 0) is 31.0 Å². The predicted molar refractivity (Wildman–Crippen MR) is 103 cm³/mol. The van der Waals surface area contributed by atoms with Crippen molar-refractivity contribution in [3.63, 3.8) is 0 Å². The van der Waals surface area contributed by atoms with Crippen molar-refractivity contribution >= 4 is 17.5 Å². The molecule has 3 rings (SSSR count). The Balaban J connectivity index is 1.68. The lowest BCUT2D eigenvalue weighted by molar-refractivity contribution is -0.126. The Hall–Kier alpha value is -3.02. The van der Waals surface area contributed by atoms with Crippen LogP contribution in [-0.2, 0) is 9.59 Å². The van der Waals surface area contributed by atoms with Gasteiger partial charge in [-0.3, -0.25) is 9.59 Å². The number of nitrogens with one attached hydrogen (secondary N) is 1. The van der Waals surface area contributed by atoms with Crippen LogP contribution in [0.4, 0.5) is 5.69 Å². The van der Waals surface area contributed by atoms with Crippen LogP contribution in [0.15, 0.2) is 42.5 Å². The number of nitrogens with zero attached hydrogens (tertiary/aromatic N) is 1. The number of anilines is 1. The molecular formula is C21H24N2O4. The van der Waals surface area contributed by atoms with E-state index < -0.39 is 6.04 Å². The zero-order chi connectivity index (χ0) is 19.4. The summed E-state index contributed by atoms with van der Waals surface area (Å²) in [4.78, 5) is 26.1. The molecule has 0 aromatic heterocycles. The summed E-state index contributed by atoms with van der Waals surface area (Å²) in [7, 11) is 1.60. The standard InChI is InChI=1S/C21H24N2O4/c1-14-8-6-9-16-19(22-15(2)24)21(25)23(20(14)16)12-7-13-27-18-11-5-4-10-17(18)26-3/h4-6,8-11,19H,7,12-13H2,1-3H3,(H,22,24)/t19-/m0/s1. The van der Waals surface area contributed by atoms with Crippen LogP contribution in [-0.4, -0.2) is 32.1 Å². The van der Waals surface area contributed by atoms with Gasteiger partial charge in [0.1, 0.15) is 6.04 Å². The zero-order valence-electron chi connectivity index (χ0n) is 15.8. The first-order valence-electron chi connectivity index (χ1n) is 8.96. The third-order valence-corrected chi connectivity index (χ3v) is 4.56. The quantitative estimate of drug-likeness (QED) is 0.763. The van der Waals surface area contributed by atoms with Gasteiger partial charge in [-0.15, -0.1) is 0 Å². The molecule has 1 aliphatic heterocycles. The fourth-order valence-electron chi connectivity index (χ4n) is 3.39. The van der Waals surface area contributed by atoms with Crippen molar-refractivity contribution in [3.05, 3.63) is 53.6 Å². The van der Waals surface area contributed by atoms with Gasteiger partial charge in [0.25, 0.3) is 5.91 Å². The van der Waals surface area contributed by atoms with Crippen molar-refractivity contribution in [1.29, 1.82) is 0 Å². The van der Waals surface area contributed by atoms with Crippen molar-refractivity contribution in [2.45, 2.75) is 26.3 Å². The first kappa shape index (κ1) is 18.8. The van der Waals surface area contributed by atoms with Crippen LogP contribution < -0.4 is 19.7 Å². The van der Waals surface area contributed by atoms with Crippen LogP contribution in [0.5, 0.6) is 11.5 Å². The maximum absolute atomic E-state index is 12.9. The molecule has 0 bridgehead atoms. The molecule has 2 amide bonds. The summed E-state index contributed by atoms with van der Waals surface area (Å²) in [5, 5.41) is 2.76. The highest BCUT2D eigenvalue weighted by molar-refractivity contribution is 6.06. The van der Waals surface area contributed by atoms with Crippen LogP contribution in [0.1, 0.15) is 30.5 Å². The number of para-hydroxylation sites is 3. The summed E-state index contributed by atoms with van der Waals surface area (Å²) in [5.74, 6) is 1.04. The number of ether oxygens (including phenoxy) is 2. The van der Waals surface area contributed by atoms with E-state index in [2.05, 4.69) is 5.32 Å². The minimum Gasteiger partial charge on any atom is -0.493 e. The van der Waals surface area contributed by atoms with E-state index in [1.807, 2.05) is 49.4 Å². The Labute approximate surface area is 159 Å². The number of rotatable bonds is 7. The molecule has 1 aliphatic rings. The first-order chi connectivity index (χ1) is 13.0. The smallest absolute Gasteiger partial charge is 0.254 e. The van der Waals surface area contributed by atoms with Crippen molar-refractivity contribution in [3.8, 4) is 11.5 Å². The van der Waals surface area contributed by atoms with Crippen LogP contribution in [0.2, 0.25) is 0 Å². The minimum absolute atomic E-state index is 0.105. The van der Waals surface area contributed by atoms with Crippen molar-refractivity contribution in [2.75, 3.05) is 25.2 Å². The number of carbonyl (C=O) groups excluding carboxylic acids is 2. The summed E-state index contributed by atoms with van der Waals surface area (Å²) in [6.07, 6.45) is 0.657. The lowest BCUT2D eigenvalue weighted by atomic mass is 10.1. The third-order valence-electron chi connectivity index (χ3n) is 4.56. The third kappa shape index (κ3) is 3.89. The summed E-state index contributed by atoms with van der Waals surface area (Å²) in [6, 6.07) is 12.6. The van der Waals surface area contributed by atoms with Gasteiger partial charge in [-0.25, -0.2) is 0 Å². The van der Waals surface area contributed by atoms with E-state index in [0.717, 1.165) is 16.8 Å². The highest BCUT2D eigenvalue weighted by Gasteiger charge is 2.38. The molecule has 0 spiro atoms. The summed E-state index contributed by atoms with van der Waals surface area (Å²) in [5.41, 5.74) is 2.75. The summed E-state index contributed by atoms with van der Waals surface area (Å²) < 4.78 is 11.1. The molecule has 1 atom stereocenters. The van der Waals surface area contributed by atoms with Gasteiger partial charge in [-0.2, -0.15) is 0 Å². The molecule has 1 N–H and O–H groups in total. The number of hydrogen-bond donors (Lipinski definition) is 1. The van der Waals surface area contributed by atoms with E-state index in [0.29, 0.717) is 31.1 Å². The first-order valence-corrected chi connectivity index (χ1v) is 8.96. The van der Waals surface area contributed by atoms with Gasteiger partial charge in [0.2, 0.25) is 5.91 Å². The Morgan fingerprint density at radius 2 is 1.89 bits per heavy atom. The molecule has 2 aromatic carbocycles. The number of carbonyl (C=O) groups is 2. The second-order valence-electron chi connectivity index (χ2n) is 6.49. The molecule has 0 unspecified atom stereocenters. The van der Waals surface area contributed by atoms with Crippen molar-refractivity contribution in [1.82, 2.24) is 5.32 Å². The Bertz CT molecular complexity index is 850. The van der Waals surface area contributed by atoms with E-state index in [1.54, 1.807) is 12.0 Å². The maximum atomic E-state index is 12.9. The van der Waals surface area contributed by atoms with Gasteiger partial charge >= 0.3 is 0 Å². The molecule has 0 saturated heterocycles. The highest BCUT2D eigenvalue weighted by atomic mass is 16.5. The molecule has 1 heterocycles. The van der Waals surface area contributed by atoms with Gasteiger partial charge in [-0.1, -0.05) is 30.3 Å². The molecule has 0 aliphatic carbocycles. The SMILES string of the molecule is COc1ccccc1OCCCN1C(=O)[C@@H](NC(C)=O)c2cccc(C)c21. The Kier molecular flexibility index (Phi) is 5.64. The second-order valence-corrected chi connectivity index (χ2v) is 6.49. The highest BCUT2D eigenvalue weighted by Crippen LogP contribution is 2.38. The molecule has 27 heavy (non-hydrogen) atoms. The number of benzene rings is 2. The fourth-order valence-corrected chi connectivity index (χ4v) is 3.39. The van der Waals surface area contributed by atoms with Crippen molar-refractivity contribution < 1.29 is 19.1 Å². The molecule has 6 heteroatoms. The normalized spacial score (nSPS) is 15.4. The van der Waals surface area contributed by atoms with Crippen LogP contribution >= 0.6 is 0 Å². The Morgan fingerprint density at radius 1 is 1.15 bits per heavy atom. The zero-order valence-corrected chi connectivity index (χ0v) is 15.8. The van der Waals surface area contributed by atoms with Gasteiger partial charge in [0.05, 0.1) is 19.4 Å². The summed E-state index contributed by atoms with van der Waals surface area (Å²) in [6.45, 7) is 4.37. The number of aryl methyl sites for hydroxylation is 1. The van der Waals surface area contributed by atoms with Crippen LogP contribution in [0.25, 0.3) is 0 Å². The number of methoxy groups -OCH3 is 1. The monoisotopic (exact) mass is 368 g/mol. The lowest BCUT2D eigenvalue weighted by Gasteiger charge is -2.20. The van der Waals surface area contributed by atoms with Crippen LogP contribution in [0.3, 0.4) is 0 Å². The van der Waals surface area contributed by atoms with E-state index in [4.69, 9.17) is 9.47 Å². The second kappa shape index (κ2) is 8.12. The minimum atomic E-state index is -0.618. The van der Waals surface area contributed by atoms with E-state index in [-0.39, 0.29) is 11.8 Å². The van der Waals surface area contributed by atoms with E-state index >= 15 is 0 Å². The van der Waals surface area contributed by atoms with Crippen molar-refractivity contribution in [2.24, 2.45) is 0 Å². The topological polar surface area (TPSA) is 67.9 Å². The molecular weight excluding hydrogens is 344 g/mol. The predicted octanol–water partition coefficient (Wildman–Crippen LogP) is 3.00. The maximum Gasteiger partial charge on any atom is 0.254 e. The summed E-state index contributed by atoms with van der Waals surface area (Å²) >= 11 is 0. The number of amides is 2. The van der Waals surface area contributed by atoms with Gasteiger partial charge in [0, 0.05) is 19.0 Å². The van der Waals surface area contributed by atoms with Gasteiger partial charge < -0.3 is 19.7 Å². The lowest BCUT2D eigenvalue weighted by Crippen LogP contribution is -2.37. The Morgan fingerprint density at radius 3 is 2.59 bits per heavy atom. The molecule has 142 valence electrons. The molecule has 6 nitrogen and oxygen atoms in total. The van der Waals surface area contributed by atoms with Crippen LogP contribution in [0, 0.1) is 6.92 Å². The number of fused-ring (bicyclic) bond motifs is 1. The molecule has 0 fully saturated rings. The van der Waals surface area contributed by atoms with E-state index in [1.165, 1.54) is 6.92 Å². The molecule has 0 saturated carbocycles. The molecule has 2 aromatic rings. The fraction of sp³-hybridized carbons (Fsp3) is 0.333. The average Bonchev–Trinajstić information content (AvgIpc) is 2.92.